The summed E-state index contributed by atoms with van der Waals surface area (Å²) in [6.07, 6.45) is 0.611. The third-order valence-corrected chi connectivity index (χ3v) is 3.91. The fourth-order valence-electron chi connectivity index (χ4n) is 2.53. The van der Waals surface area contributed by atoms with Crippen molar-refractivity contribution in [2.45, 2.75) is 26.3 Å². The molecule has 0 heterocycles. The van der Waals surface area contributed by atoms with Crippen molar-refractivity contribution in [3.8, 4) is 5.75 Å². The van der Waals surface area contributed by atoms with Gasteiger partial charge in [0.05, 0.1) is 12.8 Å². The molecule has 0 bridgehead atoms. The van der Waals surface area contributed by atoms with Gasteiger partial charge in [0.2, 0.25) is 11.8 Å². The summed E-state index contributed by atoms with van der Waals surface area (Å²) in [5, 5.41) is 8.63. The zero-order valence-electron chi connectivity index (χ0n) is 15.6. The van der Waals surface area contributed by atoms with Crippen LogP contribution in [0.3, 0.4) is 0 Å². The molecule has 0 aliphatic heterocycles. The highest BCUT2D eigenvalue weighted by atomic mass is 19.1. The quantitative estimate of drug-likeness (QED) is 0.665. The van der Waals surface area contributed by atoms with Crippen LogP contribution in [0.1, 0.15) is 19.4 Å². The molecule has 0 spiro atoms. The van der Waals surface area contributed by atoms with Crippen molar-refractivity contribution < 1.29 is 18.7 Å². The van der Waals surface area contributed by atoms with Crippen LogP contribution in [0.4, 0.5) is 15.8 Å². The summed E-state index contributed by atoms with van der Waals surface area (Å²) in [5.41, 5.74) is 2.15. The van der Waals surface area contributed by atoms with E-state index in [4.69, 9.17) is 4.74 Å². The lowest BCUT2D eigenvalue weighted by molar-refractivity contribution is -0.121. The summed E-state index contributed by atoms with van der Waals surface area (Å²) in [6.45, 7) is 3.60. The molecule has 2 amide bonds. The minimum absolute atomic E-state index is 0.177. The topological polar surface area (TPSA) is 79.5 Å². The first kappa shape index (κ1) is 20.2. The van der Waals surface area contributed by atoms with Crippen molar-refractivity contribution in [1.29, 1.82) is 0 Å². The van der Waals surface area contributed by atoms with Crippen LogP contribution in [-0.2, 0) is 16.0 Å². The molecule has 27 heavy (non-hydrogen) atoms. The van der Waals surface area contributed by atoms with Crippen molar-refractivity contribution in [3.63, 3.8) is 0 Å². The molecule has 0 saturated carbocycles. The summed E-state index contributed by atoms with van der Waals surface area (Å²) in [5.74, 6) is -0.0760. The molecule has 7 heteroatoms. The molecule has 0 fully saturated rings. The Hall–Kier alpha value is -3.09. The van der Waals surface area contributed by atoms with Gasteiger partial charge in [-0.1, -0.05) is 12.1 Å². The van der Waals surface area contributed by atoms with Gasteiger partial charge in [0.25, 0.3) is 0 Å². The molecule has 2 rings (SSSR count). The highest BCUT2D eigenvalue weighted by Gasteiger charge is 2.15. The lowest BCUT2D eigenvalue weighted by Gasteiger charge is -2.18. The molecule has 6 nitrogen and oxygen atoms in total. The number of ether oxygens (including phenoxy) is 1. The predicted molar refractivity (Wildman–Crippen MR) is 103 cm³/mol. The van der Waals surface area contributed by atoms with E-state index >= 15 is 0 Å². The zero-order valence-corrected chi connectivity index (χ0v) is 15.6. The second-order valence-corrected chi connectivity index (χ2v) is 6.13. The first-order valence-electron chi connectivity index (χ1n) is 8.63. The number of benzene rings is 2. The summed E-state index contributed by atoms with van der Waals surface area (Å²) in [6, 6.07) is 10.8. The van der Waals surface area contributed by atoms with E-state index in [-0.39, 0.29) is 17.6 Å². The number of nitrogens with one attached hydrogen (secondary N) is 3. The number of methoxy groups -OCH3 is 1. The van der Waals surface area contributed by atoms with E-state index in [9.17, 15) is 14.0 Å². The highest BCUT2D eigenvalue weighted by molar-refractivity contribution is 5.90. The monoisotopic (exact) mass is 373 g/mol. The van der Waals surface area contributed by atoms with E-state index in [1.165, 1.54) is 26.2 Å². The van der Waals surface area contributed by atoms with Crippen molar-refractivity contribution in [2.75, 3.05) is 24.3 Å². The Morgan fingerprint density at radius 2 is 1.85 bits per heavy atom. The van der Waals surface area contributed by atoms with E-state index in [1.807, 2.05) is 0 Å². The van der Waals surface area contributed by atoms with Gasteiger partial charge in [0.15, 0.2) is 0 Å². The number of hydrogen-bond acceptors (Lipinski definition) is 4. The molecule has 0 radical (unpaired) electrons. The average Bonchev–Trinajstić information content (AvgIpc) is 2.63. The van der Waals surface area contributed by atoms with Gasteiger partial charge in [0, 0.05) is 19.2 Å². The van der Waals surface area contributed by atoms with Gasteiger partial charge in [-0.25, -0.2) is 4.39 Å². The van der Waals surface area contributed by atoms with Crippen LogP contribution < -0.4 is 20.7 Å². The molecule has 0 aliphatic rings. The zero-order chi connectivity index (χ0) is 19.8. The first-order chi connectivity index (χ1) is 12.9. The van der Waals surface area contributed by atoms with Gasteiger partial charge in [-0.2, -0.15) is 0 Å². The first-order valence-corrected chi connectivity index (χ1v) is 8.63. The molecular weight excluding hydrogens is 349 g/mol. The maximum absolute atomic E-state index is 12.9. The largest absolute Gasteiger partial charge is 0.495 e. The fourth-order valence-corrected chi connectivity index (χ4v) is 2.53. The molecule has 2 aromatic rings. The lowest BCUT2D eigenvalue weighted by Crippen LogP contribution is -2.38. The van der Waals surface area contributed by atoms with Crippen LogP contribution in [0.25, 0.3) is 0 Å². The SMILES string of the molecule is COc1ccc(NC(C)=O)cc1N[C@@H](C)C(=O)NCCc1ccc(F)cc1. The number of halogens is 1. The molecule has 3 N–H and O–H groups in total. The smallest absolute Gasteiger partial charge is 0.242 e. The Morgan fingerprint density at radius 3 is 2.48 bits per heavy atom. The predicted octanol–water partition coefficient (Wildman–Crippen LogP) is 2.95. The standard InChI is InChI=1S/C20H24FN3O3/c1-13(20(26)22-11-10-15-4-6-16(21)7-5-15)23-18-12-17(24-14(2)25)8-9-19(18)27-3/h4-9,12-13,23H,10-11H2,1-3H3,(H,22,26)(H,24,25)/t13-/m0/s1. The highest BCUT2D eigenvalue weighted by Crippen LogP contribution is 2.28. The number of carbonyl (C=O) groups is 2. The van der Waals surface area contributed by atoms with E-state index in [1.54, 1.807) is 37.3 Å². The van der Waals surface area contributed by atoms with Gasteiger partial charge in [-0.05, 0) is 49.2 Å². The van der Waals surface area contributed by atoms with E-state index in [0.717, 1.165) is 5.56 Å². The minimum atomic E-state index is -0.514. The fraction of sp³-hybridized carbons (Fsp3) is 0.300. The number of carbonyl (C=O) groups excluding carboxylic acids is 2. The molecule has 1 atom stereocenters. The van der Waals surface area contributed by atoms with Gasteiger partial charge >= 0.3 is 0 Å². The molecule has 0 unspecified atom stereocenters. The average molecular weight is 373 g/mol. The summed E-state index contributed by atoms with van der Waals surface area (Å²) in [7, 11) is 1.53. The van der Waals surface area contributed by atoms with Crippen LogP contribution in [0.5, 0.6) is 5.75 Å². The van der Waals surface area contributed by atoms with Crippen LogP contribution in [-0.4, -0.2) is 31.5 Å². The van der Waals surface area contributed by atoms with Crippen molar-refractivity contribution in [3.05, 3.63) is 53.8 Å². The van der Waals surface area contributed by atoms with Crippen LogP contribution in [0, 0.1) is 5.82 Å². The van der Waals surface area contributed by atoms with Crippen molar-refractivity contribution >= 4 is 23.2 Å². The van der Waals surface area contributed by atoms with Gasteiger partial charge in [-0.3, -0.25) is 9.59 Å². The Balaban J connectivity index is 1.92. The Morgan fingerprint density at radius 1 is 1.15 bits per heavy atom. The van der Waals surface area contributed by atoms with Crippen molar-refractivity contribution in [1.82, 2.24) is 5.32 Å². The van der Waals surface area contributed by atoms with Gasteiger partial charge in [0.1, 0.15) is 17.6 Å². The lowest BCUT2D eigenvalue weighted by atomic mass is 10.1. The van der Waals surface area contributed by atoms with Crippen LogP contribution in [0.2, 0.25) is 0 Å². The molecule has 2 aromatic carbocycles. The summed E-state index contributed by atoms with van der Waals surface area (Å²) < 4.78 is 18.2. The minimum Gasteiger partial charge on any atom is -0.495 e. The third kappa shape index (κ3) is 6.29. The van der Waals surface area contributed by atoms with Crippen molar-refractivity contribution in [2.24, 2.45) is 0 Å². The summed E-state index contributed by atoms with van der Waals surface area (Å²) >= 11 is 0. The third-order valence-electron chi connectivity index (χ3n) is 3.91. The molecule has 0 saturated heterocycles. The van der Waals surface area contributed by atoms with Crippen LogP contribution in [0.15, 0.2) is 42.5 Å². The summed E-state index contributed by atoms with van der Waals surface area (Å²) in [4.78, 5) is 23.5. The number of anilines is 2. The Labute approximate surface area is 158 Å². The van der Waals surface area contributed by atoms with E-state index in [0.29, 0.717) is 30.1 Å². The van der Waals surface area contributed by atoms with E-state index < -0.39 is 6.04 Å². The molecule has 0 aliphatic carbocycles. The maximum atomic E-state index is 12.9. The molecule has 144 valence electrons. The number of hydrogen-bond donors (Lipinski definition) is 3. The normalized spacial score (nSPS) is 11.4. The van der Waals surface area contributed by atoms with E-state index in [2.05, 4.69) is 16.0 Å². The van der Waals surface area contributed by atoms with Gasteiger partial charge < -0.3 is 20.7 Å². The Bertz CT molecular complexity index is 794. The second kappa shape index (κ2) is 9.56. The molecule has 0 aromatic heterocycles. The number of rotatable bonds is 8. The maximum Gasteiger partial charge on any atom is 0.242 e. The van der Waals surface area contributed by atoms with Gasteiger partial charge in [-0.15, -0.1) is 0 Å². The second-order valence-electron chi connectivity index (χ2n) is 6.13. The Kier molecular flexibility index (Phi) is 7.16. The molecular formula is C20H24FN3O3. The number of amides is 2. The van der Waals surface area contributed by atoms with Crippen LogP contribution >= 0.6 is 0 Å².